The monoisotopic (exact) mass is 380 g/mol. The average molecular weight is 380 g/mol. The number of para-hydroxylation sites is 1. The molecule has 1 aromatic heterocycles. The van der Waals surface area contributed by atoms with Crippen LogP contribution in [0.25, 0.3) is 10.9 Å². The Hall–Kier alpha value is -1.53. The predicted molar refractivity (Wildman–Crippen MR) is 99.6 cm³/mol. The molecule has 27 heavy (non-hydrogen) atoms. The molecule has 2 aromatic rings. The Morgan fingerprint density at radius 2 is 1.74 bits per heavy atom. The summed E-state index contributed by atoms with van der Waals surface area (Å²) in [5.74, 6) is 0.610. The van der Waals surface area contributed by atoms with Crippen LogP contribution < -0.4 is 0 Å². The molecule has 1 saturated heterocycles. The summed E-state index contributed by atoms with van der Waals surface area (Å²) in [7, 11) is 0. The van der Waals surface area contributed by atoms with Crippen molar-refractivity contribution in [3.8, 4) is 0 Å². The van der Waals surface area contributed by atoms with Gasteiger partial charge in [0.1, 0.15) is 0 Å². The van der Waals surface area contributed by atoms with Gasteiger partial charge >= 0.3 is 6.36 Å². The second-order valence-corrected chi connectivity index (χ2v) is 8.16. The third kappa shape index (κ3) is 3.87. The lowest BCUT2D eigenvalue weighted by Crippen LogP contribution is -2.58. The van der Waals surface area contributed by atoms with Crippen molar-refractivity contribution in [1.29, 1.82) is 0 Å². The van der Waals surface area contributed by atoms with Gasteiger partial charge in [0, 0.05) is 36.4 Å². The molecule has 2 heterocycles. The fraction of sp³-hybridized carbons (Fsp3) is 0.619. The summed E-state index contributed by atoms with van der Waals surface area (Å²) in [6, 6.07) is 11.6. The van der Waals surface area contributed by atoms with E-state index in [-0.39, 0.29) is 0 Å². The smallest absolute Gasteiger partial charge is 0.342 e. The van der Waals surface area contributed by atoms with Crippen LogP contribution in [0.15, 0.2) is 30.3 Å². The Kier molecular flexibility index (Phi) is 4.97. The Morgan fingerprint density at radius 1 is 1.07 bits per heavy atom. The standard InChI is InChI=1S/C21H27F3N2O/c1-14-11-17-5-3-4-6-20(17)26(14)15(2)16-7-9-18(10-8-16)25-12-19(13-25)27-21(22,23)24/h3-6,11,15-16,18-19H,7-10,12-13H2,1-2H3. The number of alkyl halides is 3. The summed E-state index contributed by atoms with van der Waals surface area (Å²) >= 11 is 0. The van der Waals surface area contributed by atoms with Gasteiger partial charge in [-0.2, -0.15) is 0 Å². The molecule has 0 N–H and O–H groups in total. The van der Waals surface area contributed by atoms with Gasteiger partial charge in [-0.25, -0.2) is 0 Å². The first-order valence-electron chi connectivity index (χ1n) is 9.87. The maximum absolute atomic E-state index is 12.3. The number of likely N-dealkylation sites (tertiary alicyclic amines) is 1. The van der Waals surface area contributed by atoms with Gasteiger partial charge in [-0.1, -0.05) is 18.2 Å². The molecule has 148 valence electrons. The van der Waals surface area contributed by atoms with Crippen LogP contribution in [-0.2, 0) is 4.74 Å². The van der Waals surface area contributed by atoms with E-state index in [2.05, 4.69) is 58.4 Å². The molecule has 3 nitrogen and oxygen atoms in total. The molecule has 1 aliphatic carbocycles. The van der Waals surface area contributed by atoms with Crippen molar-refractivity contribution in [2.75, 3.05) is 13.1 Å². The molecule has 1 atom stereocenters. The molecule has 1 unspecified atom stereocenters. The van der Waals surface area contributed by atoms with Crippen LogP contribution in [0.2, 0.25) is 0 Å². The Morgan fingerprint density at radius 3 is 2.41 bits per heavy atom. The van der Waals surface area contributed by atoms with E-state index in [1.807, 2.05) is 0 Å². The van der Waals surface area contributed by atoms with Crippen LogP contribution in [0.1, 0.15) is 44.3 Å². The topological polar surface area (TPSA) is 17.4 Å². The first-order chi connectivity index (χ1) is 12.8. The van der Waals surface area contributed by atoms with Crippen molar-refractivity contribution in [3.63, 3.8) is 0 Å². The van der Waals surface area contributed by atoms with E-state index >= 15 is 0 Å². The predicted octanol–water partition coefficient (Wildman–Crippen LogP) is 5.29. The SMILES string of the molecule is Cc1cc2ccccc2n1C(C)C1CCC(N2CC(OC(F)(F)F)C2)CC1. The number of hydrogen-bond acceptors (Lipinski definition) is 2. The third-order valence-electron chi connectivity index (χ3n) is 6.46. The number of benzene rings is 1. The number of halogens is 3. The van der Waals surface area contributed by atoms with E-state index < -0.39 is 12.5 Å². The lowest BCUT2D eigenvalue weighted by atomic mass is 9.80. The molecule has 0 bridgehead atoms. The Labute approximate surface area is 158 Å². The van der Waals surface area contributed by atoms with Crippen molar-refractivity contribution in [2.24, 2.45) is 5.92 Å². The molecular formula is C21H27F3N2O. The van der Waals surface area contributed by atoms with Crippen molar-refractivity contribution < 1.29 is 17.9 Å². The molecule has 4 rings (SSSR count). The van der Waals surface area contributed by atoms with E-state index in [1.54, 1.807) is 0 Å². The van der Waals surface area contributed by atoms with Crippen molar-refractivity contribution in [2.45, 2.75) is 64.1 Å². The van der Waals surface area contributed by atoms with Gasteiger partial charge in [-0.3, -0.25) is 9.64 Å². The van der Waals surface area contributed by atoms with Crippen molar-refractivity contribution in [3.05, 3.63) is 36.0 Å². The van der Waals surface area contributed by atoms with Crippen molar-refractivity contribution in [1.82, 2.24) is 9.47 Å². The lowest BCUT2D eigenvalue weighted by molar-refractivity contribution is -0.356. The van der Waals surface area contributed by atoms with E-state index in [4.69, 9.17) is 0 Å². The summed E-state index contributed by atoms with van der Waals surface area (Å²) in [5, 5.41) is 1.28. The zero-order valence-electron chi connectivity index (χ0n) is 15.9. The van der Waals surface area contributed by atoms with Crippen LogP contribution in [0, 0.1) is 12.8 Å². The van der Waals surface area contributed by atoms with Crippen molar-refractivity contribution >= 4 is 10.9 Å². The van der Waals surface area contributed by atoms with Crippen LogP contribution in [0.3, 0.4) is 0 Å². The highest BCUT2D eigenvalue weighted by molar-refractivity contribution is 5.81. The van der Waals surface area contributed by atoms with Gasteiger partial charge in [0.25, 0.3) is 0 Å². The molecule has 2 aliphatic rings. The van der Waals surface area contributed by atoms with Gasteiger partial charge in [0.05, 0.1) is 6.10 Å². The number of rotatable bonds is 4. The lowest BCUT2D eigenvalue weighted by Gasteiger charge is -2.46. The Bertz CT molecular complexity index is 786. The number of nitrogens with zero attached hydrogens (tertiary/aromatic N) is 2. The van der Waals surface area contributed by atoms with Crippen LogP contribution in [-0.4, -0.2) is 41.1 Å². The second kappa shape index (κ2) is 7.13. The minimum atomic E-state index is -4.51. The number of ether oxygens (including phenoxy) is 1. The quantitative estimate of drug-likeness (QED) is 0.717. The van der Waals surface area contributed by atoms with E-state index in [0.29, 0.717) is 31.1 Å². The number of aromatic nitrogens is 1. The molecule has 0 radical (unpaired) electrons. The molecule has 6 heteroatoms. The average Bonchev–Trinajstić information content (AvgIpc) is 2.92. The maximum atomic E-state index is 12.3. The molecule has 0 amide bonds. The van der Waals surface area contributed by atoms with Gasteiger partial charge in [0.2, 0.25) is 0 Å². The van der Waals surface area contributed by atoms with Crippen LogP contribution >= 0.6 is 0 Å². The fourth-order valence-electron chi connectivity index (χ4n) is 5.05. The third-order valence-corrected chi connectivity index (χ3v) is 6.46. The summed E-state index contributed by atoms with van der Waals surface area (Å²) in [4.78, 5) is 2.16. The molecule has 2 fully saturated rings. The van der Waals surface area contributed by atoms with E-state index in [1.165, 1.54) is 16.6 Å². The normalized spacial score (nSPS) is 26.3. The van der Waals surface area contributed by atoms with Crippen LogP contribution in [0.5, 0.6) is 0 Å². The second-order valence-electron chi connectivity index (χ2n) is 8.16. The molecule has 1 aromatic carbocycles. The summed E-state index contributed by atoms with van der Waals surface area (Å²) in [5.41, 5.74) is 2.58. The molecule has 0 spiro atoms. The highest BCUT2D eigenvalue weighted by Crippen LogP contribution is 2.38. The van der Waals surface area contributed by atoms with Gasteiger partial charge < -0.3 is 4.57 Å². The van der Waals surface area contributed by atoms with Gasteiger partial charge in [-0.05, 0) is 63.0 Å². The van der Waals surface area contributed by atoms with E-state index in [0.717, 1.165) is 25.7 Å². The first-order valence-corrected chi connectivity index (χ1v) is 9.87. The maximum Gasteiger partial charge on any atom is 0.522 e. The molecular weight excluding hydrogens is 353 g/mol. The van der Waals surface area contributed by atoms with E-state index in [9.17, 15) is 13.2 Å². The highest BCUT2D eigenvalue weighted by atomic mass is 19.4. The highest BCUT2D eigenvalue weighted by Gasteiger charge is 2.42. The van der Waals surface area contributed by atoms with Crippen LogP contribution in [0.4, 0.5) is 13.2 Å². The summed E-state index contributed by atoms with van der Waals surface area (Å²) < 4.78 is 43.4. The molecule has 1 saturated carbocycles. The summed E-state index contributed by atoms with van der Waals surface area (Å²) in [6.07, 6.45) is -0.826. The largest absolute Gasteiger partial charge is 0.522 e. The van der Waals surface area contributed by atoms with Gasteiger partial charge in [0.15, 0.2) is 0 Å². The Balaban J connectivity index is 1.34. The zero-order valence-corrected chi connectivity index (χ0v) is 15.9. The number of hydrogen-bond donors (Lipinski definition) is 0. The minimum Gasteiger partial charge on any atom is -0.342 e. The molecule has 1 aliphatic heterocycles. The zero-order chi connectivity index (χ0) is 19.2. The fourth-order valence-corrected chi connectivity index (χ4v) is 5.05. The minimum absolute atomic E-state index is 0.407. The first kappa shape index (κ1) is 18.8. The number of fused-ring (bicyclic) bond motifs is 1. The number of aryl methyl sites for hydroxylation is 1. The van der Waals surface area contributed by atoms with Gasteiger partial charge in [-0.15, -0.1) is 13.2 Å². The summed E-state index contributed by atoms with van der Waals surface area (Å²) in [6.45, 7) is 5.29.